The van der Waals surface area contributed by atoms with E-state index < -0.39 is 0 Å². The molecule has 1 unspecified atom stereocenters. The van der Waals surface area contributed by atoms with Gasteiger partial charge < -0.3 is 0 Å². The van der Waals surface area contributed by atoms with Crippen LogP contribution in [0.5, 0.6) is 0 Å². The van der Waals surface area contributed by atoms with Gasteiger partial charge in [0.1, 0.15) is 5.82 Å². The van der Waals surface area contributed by atoms with Gasteiger partial charge in [0, 0.05) is 16.1 Å². The number of hydrogen-bond donors (Lipinski definition) is 0. The first-order valence-electron chi connectivity index (χ1n) is 7.49. The third-order valence-corrected chi connectivity index (χ3v) is 6.34. The highest BCUT2D eigenvalue weighted by molar-refractivity contribution is 9.09. The van der Waals surface area contributed by atoms with Crippen LogP contribution < -0.4 is 0 Å². The Morgan fingerprint density at radius 3 is 2.15 bits per heavy atom. The SMILES string of the molecule is CCCCC(CC)CC(CBr)(CBr)c1ccc(F)cc1. The van der Waals surface area contributed by atoms with Crippen molar-refractivity contribution in [3.8, 4) is 0 Å². The Morgan fingerprint density at radius 1 is 1.10 bits per heavy atom. The minimum atomic E-state index is -0.162. The van der Waals surface area contributed by atoms with Crippen molar-refractivity contribution in [2.24, 2.45) is 5.92 Å². The van der Waals surface area contributed by atoms with Crippen molar-refractivity contribution >= 4 is 31.9 Å². The average Bonchev–Trinajstić information content (AvgIpc) is 2.49. The number of halogens is 3. The van der Waals surface area contributed by atoms with Crippen molar-refractivity contribution in [2.75, 3.05) is 10.7 Å². The second-order valence-electron chi connectivity index (χ2n) is 5.68. The molecule has 114 valence electrons. The largest absolute Gasteiger partial charge is 0.207 e. The van der Waals surface area contributed by atoms with Crippen LogP contribution in [0.1, 0.15) is 51.5 Å². The van der Waals surface area contributed by atoms with Crippen LogP contribution in [0.2, 0.25) is 0 Å². The lowest BCUT2D eigenvalue weighted by Gasteiger charge is -2.34. The zero-order chi connectivity index (χ0) is 15.0. The van der Waals surface area contributed by atoms with E-state index in [1.54, 1.807) is 12.1 Å². The molecule has 20 heavy (non-hydrogen) atoms. The molecule has 0 saturated carbocycles. The van der Waals surface area contributed by atoms with E-state index in [0.29, 0.717) is 0 Å². The van der Waals surface area contributed by atoms with Crippen LogP contribution in [0, 0.1) is 11.7 Å². The summed E-state index contributed by atoms with van der Waals surface area (Å²) in [6.07, 6.45) is 6.19. The molecule has 3 heteroatoms. The van der Waals surface area contributed by atoms with Crippen molar-refractivity contribution < 1.29 is 4.39 Å². The molecule has 0 aliphatic carbocycles. The lowest BCUT2D eigenvalue weighted by atomic mass is 9.75. The van der Waals surface area contributed by atoms with Crippen molar-refractivity contribution in [2.45, 2.75) is 51.4 Å². The quantitative estimate of drug-likeness (QED) is 0.412. The van der Waals surface area contributed by atoms with Crippen molar-refractivity contribution in [3.05, 3.63) is 35.6 Å². The summed E-state index contributed by atoms with van der Waals surface area (Å²) in [5.74, 6) is 0.569. The van der Waals surface area contributed by atoms with Gasteiger partial charge >= 0.3 is 0 Å². The monoisotopic (exact) mass is 406 g/mol. The summed E-state index contributed by atoms with van der Waals surface area (Å²) in [5, 5.41) is 1.80. The predicted octanol–water partition coefficient (Wildman–Crippen LogP) is 6.46. The molecule has 0 saturated heterocycles. The summed E-state index contributed by atoms with van der Waals surface area (Å²) >= 11 is 7.38. The molecule has 0 heterocycles. The smallest absolute Gasteiger partial charge is 0.123 e. The molecular weight excluding hydrogens is 383 g/mol. The Labute approximate surface area is 139 Å². The topological polar surface area (TPSA) is 0 Å². The fourth-order valence-electron chi connectivity index (χ4n) is 2.72. The van der Waals surface area contributed by atoms with Gasteiger partial charge in [-0.2, -0.15) is 0 Å². The van der Waals surface area contributed by atoms with Crippen LogP contribution in [0.4, 0.5) is 4.39 Å². The van der Waals surface area contributed by atoms with Gasteiger partial charge in [0.05, 0.1) is 0 Å². The molecule has 0 aliphatic rings. The van der Waals surface area contributed by atoms with E-state index in [-0.39, 0.29) is 11.2 Å². The predicted molar refractivity (Wildman–Crippen MR) is 93.6 cm³/mol. The number of alkyl halides is 2. The first-order chi connectivity index (χ1) is 9.61. The van der Waals surface area contributed by atoms with Crippen LogP contribution >= 0.6 is 31.9 Å². The number of hydrogen-bond acceptors (Lipinski definition) is 0. The molecule has 1 rings (SSSR count). The van der Waals surface area contributed by atoms with Crippen molar-refractivity contribution in [1.82, 2.24) is 0 Å². The Balaban J connectivity index is 2.92. The van der Waals surface area contributed by atoms with E-state index in [4.69, 9.17) is 0 Å². The highest BCUT2D eigenvalue weighted by Gasteiger charge is 2.32. The third kappa shape index (κ3) is 4.84. The average molecular weight is 408 g/mol. The van der Waals surface area contributed by atoms with Gasteiger partial charge in [0.15, 0.2) is 0 Å². The van der Waals surface area contributed by atoms with E-state index in [1.165, 1.54) is 31.2 Å². The maximum Gasteiger partial charge on any atom is 0.123 e. The Kier molecular flexibility index (Phi) is 8.35. The molecule has 0 aliphatic heterocycles. The van der Waals surface area contributed by atoms with Gasteiger partial charge in [-0.1, -0.05) is 83.5 Å². The lowest BCUT2D eigenvalue weighted by Crippen LogP contribution is -2.33. The molecule has 1 aromatic carbocycles. The van der Waals surface area contributed by atoms with Gasteiger partial charge in [-0.25, -0.2) is 4.39 Å². The number of rotatable bonds is 9. The molecule has 0 nitrogen and oxygen atoms in total. The Morgan fingerprint density at radius 2 is 1.70 bits per heavy atom. The summed E-state index contributed by atoms with van der Waals surface area (Å²) in [6.45, 7) is 4.52. The van der Waals surface area contributed by atoms with Gasteiger partial charge in [0.25, 0.3) is 0 Å². The number of unbranched alkanes of at least 4 members (excludes halogenated alkanes) is 1. The third-order valence-electron chi connectivity index (χ3n) is 4.19. The normalized spacial score (nSPS) is 13.4. The minimum absolute atomic E-state index is 0.0577. The molecule has 0 fully saturated rings. The molecule has 0 radical (unpaired) electrons. The van der Waals surface area contributed by atoms with E-state index in [2.05, 4.69) is 45.7 Å². The summed E-state index contributed by atoms with van der Waals surface area (Å²) in [6, 6.07) is 7.01. The van der Waals surface area contributed by atoms with E-state index in [1.807, 2.05) is 12.1 Å². The molecule has 0 amide bonds. The zero-order valence-electron chi connectivity index (χ0n) is 12.5. The molecule has 1 atom stereocenters. The number of benzene rings is 1. The Bertz CT molecular complexity index is 371. The molecule has 0 bridgehead atoms. The van der Waals surface area contributed by atoms with Gasteiger partial charge in [-0.05, 0) is 30.0 Å². The molecule has 0 aromatic heterocycles. The Hall–Kier alpha value is 0.110. The van der Waals surface area contributed by atoms with Crippen LogP contribution in [-0.4, -0.2) is 10.7 Å². The first-order valence-corrected chi connectivity index (χ1v) is 9.74. The highest BCUT2D eigenvalue weighted by atomic mass is 79.9. The van der Waals surface area contributed by atoms with Gasteiger partial charge in [0.2, 0.25) is 0 Å². The summed E-state index contributed by atoms with van der Waals surface area (Å²) < 4.78 is 13.2. The lowest BCUT2D eigenvalue weighted by molar-refractivity contribution is 0.337. The summed E-state index contributed by atoms with van der Waals surface area (Å²) in [7, 11) is 0. The highest BCUT2D eigenvalue weighted by Crippen LogP contribution is 2.37. The standard InChI is InChI=1S/C17H25Br2F/c1-3-5-6-14(4-2)11-17(12-18,13-19)15-7-9-16(20)10-8-15/h7-10,14H,3-6,11-13H2,1-2H3. The minimum Gasteiger partial charge on any atom is -0.207 e. The van der Waals surface area contributed by atoms with E-state index in [9.17, 15) is 4.39 Å². The second kappa shape index (κ2) is 9.19. The van der Waals surface area contributed by atoms with Crippen LogP contribution in [-0.2, 0) is 5.41 Å². The fourth-order valence-corrected chi connectivity index (χ4v) is 4.75. The molecule has 1 aromatic rings. The zero-order valence-corrected chi connectivity index (χ0v) is 15.6. The van der Waals surface area contributed by atoms with Crippen LogP contribution in [0.3, 0.4) is 0 Å². The second-order valence-corrected chi connectivity index (χ2v) is 6.80. The van der Waals surface area contributed by atoms with Crippen LogP contribution in [0.15, 0.2) is 24.3 Å². The fraction of sp³-hybridized carbons (Fsp3) is 0.647. The molecular formula is C17H25Br2F. The first kappa shape index (κ1) is 18.2. The van der Waals surface area contributed by atoms with E-state index in [0.717, 1.165) is 23.0 Å². The maximum absolute atomic E-state index is 13.2. The van der Waals surface area contributed by atoms with Gasteiger partial charge in [-0.3, -0.25) is 0 Å². The summed E-state index contributed by atoms with van der Waals surface area (Å²) in [4.78, 5) is 0. The van der Waals surface area contributed by atoms with Gasteiger partial charge in [-0.15, -0.1) is 0 Å². The van der Waals surface area contributed by atoms with Crippen molar-refractivity contribution in [3.63, 3.8) is 0 Å². The molecule has 0 N–H and O–H groups in total. The van der Waals surface area contributed by atoms with Crippen LogP contribution in [0.25, 0.3) is 0 Å². The van der Waals surface area contributed by atoms with Crippen molar-refractivity contribution in [1.29, 1.82) is 0 Å². The maximum atomic E-state index is 13.2. The molecule has 0 spiro atoms. The summed E-state index contributed by atoms with van der Waals surface area (Å²) in [5.41, 5.74) is 1.28. The van der Waals surface area contributed by atoms with E-state index >= 15 is 0 Å².